The SMILES string of the molecule is C1C2C3CC4C5C6C7C8C9C%10CC%11C%12CC%13C%14C%15C%16C%17C%18C1C21C34C52C3C4C%17(C%1831)C%161C3C5C%151C%141C%12%13C%11%12C%10C9C%121C85C73C642. The molecule has 27 aliphatic rings. The minimum Gasteiger partial charge on any atom is -0.0461 e. The van der Waals surface area contributed by atoms with Crippen LogP contribution in [0.2, 0.25) is 0 Å². The van der Waals surface area contributed by atoms with Gasteiger partial charge < -0.3 is 0 Å². The van der Waals surface area contributed by atoms with Crippen molar-refractivity contribution >= 4 is 0 Å². The van der Waals surface area contributed by atoms with E-state index in [0.29, 0.717) is 0 Å². The van der Waals surface area contributed by atoms with Gasteiger partial charge in [0.05, 0.1) is 0 Å². The van der Waals surface area contributed by atoms with E-state index in [-0.39, 0.29) is 0 Å². The maximum absolute atomic E-state index is 1.83. The minimum absolute atomic E-state index is 1.07. The van der Waals surface area contributed by atoms with Gasteiger partial charge in [-0.2, -0.15) is 0 Å². The molecule has 0 aromatic heterocycles. The summed E-state index contributed by atoms with van der Waals surface area (Å²) in [5.41, 5.74) is 15.2. The molecule has 0 bridgehead atoms. The van der Waals surface area contributed by atoms with E-state index in [0.717, 1.165) is 75.8 Å². The second-order valence-corrected chi connectivity index (χ2v) is 26.2. The highest BCUT2D eigenvalue weighted by atomic mass is 15.5. The van der Waals surface area contributed by atoms with Crippen LogP contribution in [0.25, 0.3) is 0 Å². The molecule has 42 heavy (non-hydrogen) atoms. The first-order valence-corrected chi connectivity index (χ1v) is 20.9. The fourth-order valence-electron chi connectivity index (χ4n) is 40.8. The van der Waals surface area contributed by atoms with Crippen LogP contribution in [0.1, 0.15) is 25.7 Å². The van der Waals surface area contributed by atoms with E-state index in [9.17, 15) is 0 Å². The molecular formula is C42H32. The Morgan fingerprint density at radius 3 is 1.43 bits per heavy atom. The summed E-state index contributed by atoms with van der Waals surface area (Å²) in [6.07, 6.45) is 7.28. The van der Waals surface area contributed by atoms with Gasteiger partial charge >= 0.3 is 0 Å². The Labute approximate surface area is 243 Å². The lowest BCUT2D eigenvalue weighted by molar-refractivity contribution is -0.841. The van der Waals surface area contributed by atoms with E-state index in [1.165, 1.54) is 142 Å². The Balaban J connectivity index is 0.956. The van der Waals surface area contributed by atoms with Gasteiger partial charge in [-0.1, -0.05) is 0 Å². The molecule has 0 heteroatoms. The second kappa shape index (κ2) is 2.56. The summed E-state index contributed by atoms with van der Waals surface area (Å²) in [4.78, 5) is 0. The number of rotatable bonds is 0. The Hall–Kier alpha value is 0. The first-order valence-electron chi connectivity index (χ1n) is 20.9. The minimum atomic E-state index is 1.07. The molecule has 0 N–H and O–H groups in total. The van der Waals surface area contributed by atoms with Gasteiger partial charge in [-0.25, -0.2) is 0 Å². The molecule has 0 aliphatic heterocycles. The summed E-state index contributed by atoms with van der Waals surface area (Å²) >= 11 is 0. The molecule has 38 atom stereocenters. The van der Waals surface area contributed by atoms with Crippen molar-refractivity contribution in [2.75, 3.05) is 0 Å². The van der Waals surface area contributed by atoms with E-state index in [1.807, 2.05) is 25.7 Å². The quantitative estimate of drug-likeness (QED) is 0.428. The third-order valence-electron chi connectivity index (χ3n) is 33.7. The van der Waals surface area contributed by atoms with Gasteiger partial charge in [-0.3, -0.25) is 0 Å². The van der Waals surface area contributed by atoms with Crippen LogP contribution in [0.3, 0.4) is 0 Å². The molecule has 14 spiro atoms. The summed E-state index contributed by atoms with van der Waals surface area (Å²) in [6, 6.07) is 0. The van der Waals surface area contributed by atoms with E-state index < -0.39 is 0 Å². The van der Waals surface area contributed by atoms with Crippen molar-refractivity contribution in [2.45, 2.75) is 25.7 Å². The molecular weight excluding hydrogens is 504 g/mol. The van der Waals surface area contributed by atoms with Crippen LogP contribution in [-0.4, -0.2) is 0 Å². The Kier molecular flexibility index (Phi) is 0.932. The molecule has 27 aliphatic carbocycles. The summed E-state index contributed by atoms with van der Waals surface area (Å²) < 4.78 is 0. The van der Waals surface area contributed by atoms with Gasteiger partial charge in [-0.15, -0.1) is 0 Å². The van der Waals surface area contributed by atoms with E-state index in [1.54, 1.807) is 0 Å². The van der Waals surface area contributed by atoms with Gasteiger partial charge in [0.2, 0.25) is 0 Å². The largest absolute Gasteiger partial charge is 0.0461 e. The standard InChI is InChI=1S/C42H32/c1-5-13-18-23-20-15-10-2-7-8-3-11-16-21-24-22-17-12-4-9-6(1)32-14(5)19(13)42(32)39(18)28-27-37(23,39)35(20)26-25-33(15,35)29(7,10)30(8,11)34(16,25)36(21,26)38(24,27)40(22,28)41(17,42)31(9,12)32/h5-28H,1-4H2. The molecule has 0 radical (unpaired) electrons. The predicted molar refractivity (Wildman–Crippen MR) is 136 cm³/mol. The van der Waals surface area contributed by atoms with Crippen LogP contribution >= 0.6 is 0 Å². The van der Waals surface area contributed by atoms with Crippen LogP contribution < -0.4 is 0 Å². The Morgan fingerprint density at radius 1 is 0.262 bits per heavy atom. The topological polar surface area (TPSA) is 0 Å². The fourth-order valence-corrected chi connectivity index (χ4v) is 40.8. The van der Waals surface area contributed by atoms with Gasteiger partial charge in [-0.05, 0) is 244 Å². The van der Waals surface area contributed by atoms with E-state index in [4.69, 9.17) is 0 Å². The van der Waals surface area contributed by atoms with Crippen LogP contribution in [0.4, 0.5) is 0 Å². The zero-order valence-corrected chi connectivity index (χ0v) is 23.7. The lowest BCUT2D eigenvalue weighted by Gasteiger charge is -3.29. The van der Waals surface area contributed by atoms with Gasteiger partial charge in [0.15, 0.2) is 0 Å². The molecule has 27 fully saturated rings. The smallest absolute Gasteiger partial charge is 0.00567 e. The normalized spacial score (nSPS) is 128. The van der Waals surface area contributed by atoms with Crippen molar-refractivity contribution in [3.8, 4) is 0 Å². The summed E-state index contributed by atoms with van der Waals surface area (Å²) in [5, 5.41) is 0. The highest BCUT2D eigenvalue weighted by Crippen LogP contribution is 3.46. The predicted octanol–water partition coefficient (Wildman–Crippen LogP) is 4.51. The van der Waals surface area contributed by atoms with Crippen molar-refractivity contribution in [1.82, 2.24) is 0 Å². The highest BCUT2D eigenvalue weighted by molar-refractivity contribution is 5.89. The summed E-state index contributed by atoms with van der Waals surface area (Å²) in [6.45, 7) is 0. The molecule has 0 nitrogen and oxygen atoms in total. The average molecular weight is 537 g/mol. The summed E-state index contributed by atoms with van der Waals surface area (Å²) in [5.74, 6) is 33.1. The second-order valence-electron chi connectivity index (χ2n) is 26.2. The lowest BCUT2D eigenvalue weighted by Crippen LogP contribution is -3.27. The van der Waals surface area contributed by atoms with Crippen molar-refractivity contribution in [1.29, 1.82) is 0 Å². The summed E-state index contributed by atoms with van der Waals surface area (Å²) in [7, 11) is 0. The van der Waals surface area contributed by atoms with Crippen molar-refractivity contribution in [3.63, 3.8) is 0 Å². The maximum atomic E-state index is 1.83. The number of hydrogen-bond acceptors (Lipinski definition) is 0. The van der Waals surface area contributed by atoms with Gasteiger partial charge in [0, 0.05) is 0 Å². The molecule has 0 saturated heterocycles. The van der Waals surface area contributed by atoms with E-state index in [2.05, 4.69) is 0 Å². The third-order valence-corrected chi connectivity index (χ3v) is 33.7. The molecule has 0 aromatic carbocycles. The molecule has 0 amide bonds. The van der Waals surface area contributed by atoms with Crippen LogP contribution in [0.5, 0.6) is 0 Å². The fraction of sp³-hybridized carbons (Fsp3) is 1.00. The lowest BCUT2D eigenvalue weighted by atomic mass is 8.74. The van der Waals surface area contributed by atoms with Gasteiger partial charge in [0.25, 0.3) is 0 Å². The van der Waals surface area contributed by atoms with Crippen LogP contribution in [-0.2, 0) is 0 Å². The molecule has 200 valence electrons. The van der Waals surface area contributed by atoms with E-state index >= 15 is 0 Å². The van der Waals surface area contributed by atoms with Crippen LogP contribution in [0, 0.1) is 218 Å². The molecule has 27 rings (SSSR count). The monoisotopic (exact) mass is 536 g/mol. The molecule has 27 saturated carbocycles. The van der Waals surface area contributed by atoms with Crippen molar-refractivity contribution < 1.29 is 0 Å². The average Bonchev–Trinajstić information content (AvgIpc) is 3.34. The Morgan fingerprint density at radius 2 is 0.714 bits per heavy atom. The van der Waals surface area contributed by atoms with Gasteiger partial charge in [0.1, 0.15) is 0 Å². The maximum Gasteiger partial charge on any atom is -0.00567 e. The highest BCUT2D eigenvalue weighted by Gasteiger charge is 3.44. The number of hydrogen-bond donors (Lipinski definition) is 0. The first-order chi connectivity index (χ1) is 20.9. The Bertz CT molecular complexity index is 2340. The first kappa shape index (κ1) is 15.3. The molecule has 38 unspecified atom stereocenters. The zero-order valence-electron chi connectivity index (χ0n) is 23.7. The van der Waals surface area contributed by atoms with Crippen LogP contribution in [0.15, 0.2) is 0 Å². The third kappa shape index (κ3) is 0.415. The van der Waals surface area contributed by atoms with Crippen molar-refractivity contribution in [3.05, 3.63) is 0 Å². The molecule has 0 heterocycles. The van der Waals surface area contributed by atoms with Crippen molar-refractivity contribution in [2.24, 2.45) is 218 Å². The number of fused-ring (bicyclic) bond motifs is 14. The zero-order chi connectivity index (χ0) is 23.7. The molecule has 0 aromatic rings.